The Labute approximate surface area is 97.4 Å². The Hall–Kier alpha value is -1.76. The minimum atomic E-state index is 0.255. The van der Waals surface area contributed by atoms with Crippen LogP contribution in [0.25, 0.3) is 16.7 Å². The van der Waals surface area contributed by atoms with Gasteiger partial charge in [0.05, 0.1) is 0 Å². The Balaban J connectivity index is 3.57. The maximum absolute atomic E-state index is 10.1. The first-order valence-corrected chi connectivity index (χ1v) is 5.19. The number of phenols is 1. The van der Waals surface area contributed by atoms with Gasteiger partial charge in [-0.1, -0.05) is 25.3 Å². The molecule has 1 nitrogen and oxygen atoms in total. The molecule has 0 saturated carbocycles. The Morgan fingerprint density at radius 3 is 1.50 bits per heavy atom. The third-order valence-corrected chi connectivity index (χ3v) is 2.52. The molecule has 0 spiro atoms. The Morgan fingerprint density at radius 2 is 1.25 bits per heavy atom. The quantitative estimate of drug-likeness (QED) is 0.785. The van der Waals surface area contributed by atoms with E-state index in [-0.39, 0.29) is 5.75 Å². The summed E-state index contributed by atoms with van der Waals surface area (Å²) in [5.74, 6) is 0.255. The molecule has 0 heterocycles. The number of aromatic hydroxyl groups is 1. The lowest BCUT2D eigenvalue weighted by atomic mass is 9.94. The molecule has 0 amide bonds. The van der Waals surface area contributed by atoms with Gasteiger partial charge in [-0.2, -0.15) is 0 Å². The van der Waals surface area contributed by atoms with E-state index in [1.54, 1.807) is 0 Å². The van der Waals surface area contributed by atoms with Crippen LogP contribution >= 0.6 is 0 Å². The maximum Gasteiger partial charge on any atom is 0.130 e. The summed E-state index contributed by atoms with van der Waals surface area (Å²) in [6.07, 6.45) is 0. The zero-order chi connectivity index (χ0) is 12.5. The summed E-state index contributed by atoms with van der Waals surface area (Å²) in [6.45, 7) is 17.3. The monoisotopic (exact) mass is 214 g/mol. The molecule has 1 aromatic rings. The first-order valence-electron chi connectivity index (χ1n) is 5.19. The van der Waals surface area contributed by atoms with Crippen molar-refractivity contribution in [1.82, 2.24) is 0 Å². The van der Waals surface area contributed by atoms with Gasteiger partial charge in [0.1, 0.15) is 5.75 Å². The van der Waals surface area contributed by atoms with Gasteiger partial charge in [0, 0.05) is 11.1 Å². The van der Waals surface area contributed by atoms with Crippen LogP contribution < -0.4 is 0 Å². The molecule has 0 saturated heterocycles. The van der Waals surface area contributed by atoms with Crippen LogP contribution in [0.2, 0.25) is 0 Å². The second-order valence-electron chi connectivity index (χ2n) is 4.26. The van der Waals surface area contributed by atoms with E-state index in [2.05, 4.69) is 19.7 Å². The van der Waals surface area contributed by atoms with Crippen molar-refractivity contribution in [2.24, 2.45) is 0 Å². The van der Waals surface area contributed by atoms with Crippen LogP contribution in [0.15, 0.2) is 31.9 Å². The summed E-state index contributed by atoms with van der Waals surface area (Å²) in [6, 6.07) is 3.82. The van der Waals surface area contributed by atoms with Gasteiger partial charge in [-0.25, -0.2) is 0 Å². The molecule has 0 aliphatic rings. The molecule has 0 unspecified atom stereocenters. The fourth-order valence-electron chi connectivity index (χ4n) is 1.53. The Kier molecular flexibility index (Phi) is 3.38. The molecule has 1 rings (SSSR count). The molecule has 0 fully saturated rings. The summed E-state index contributed by atoms with van der Waals surface area (Å²) in [5.41, 5.74) is 5.17. The average molecular weight is 214 g/mol. The lowest BCUT2D eigenvalue weighted by Crippen LogP contribution is -1.90. The van der Waals surface area contributed by atoms with E-state index in [4.69, 9.17) is 0 Å². The number of hydrogen-bond acceptors (Lipinski definition) is 1. The number of phenolic OH excluding ortho intramolecular Hbond substituents is 1. The van der Waals surface area contributed by atoms with Crippen molar-refractivity contribution in [3.05, 3.63) is 48.6 Å². The van der Waals surface area contributed by atoms with E-state index in [1.165, 1.54) is 0 Å². The van der Waals surface area contributed by atoms with Crippen molar-refractivity contribution in [3.8, 4) is 5.75 Å². The molecule has 1 heteroatoms. The first-order chi connectivity index (χ1) is 7.34. The van der Waals surface area contributed by atoms with Gasteiger partial charge in [-0.05, 0) is 49.6 Å². The van der Waals surface area contributed by atoms with Gasteiger partial charge in [-0.15, -0.1) is 0 Å². The second kappa shape index (κ2) is 4.40. The predicted octanol–water partition coefficient (Wildman–Crippen LogP) is 4.49. The van der Waals surface area contributed by atoms with E-state index in [0.29, 0.717) is 0 Å². The lowest BCUT2D eigenvalue weighted by Gasteiger charge is -2.13. The summed E-state index contributed by atoms with van der Waals surface area (Å²) < 4.78 is 0. The van der Waals surface area contributed by atoms with Gasteiger partial charge in [0.15, 0.2) is 0 Å². The Bertz CT molecular complexity index is 443. The lowest BCUT2D eigenvalue weighted by molar-refractivity contribution is 0.472. The van der Waals surface area contributed by atoms with E-state index in [0.717, 1.165) is 33.4 Å². The van der Waals surface area contributed by atoms with Crippen molar-refractivity contribution in [2.75, 3.05) is 0 Å². The zero-order valence-corrected chi connectivity index (χ0v) is 10.2. The summed E-state index contributed by atoms with van der Waals surface area (Å²) in [7, 11) is 0. The molecular formula is C15H18O. The second-order valence-corrected chi connectivity index (χ2v) is 4.26. The highest BCUT2D eigenvalue weighted by Gasteiger charge is 2.11. The van der Waals surface area contributed by atoms with Crippen LogP contribution in [0.4, 0.5) is 0 Å². The number of benzene rings is 1. The van der Waals surface area contributed by atoms with Gasteiger partial charge in [0.2, 0.25) is 0 Å². The minimum absolute atomic E-state index is 0.255. The highest BCUT2D eigenvalue weighted by atomic mass is 16.3. The number of allylic oxidation sites excluding steroid dienone is 3. The average Bonchev–Trinajstić information content (AvgIpc) is 2.16. The van der Waals surface area contributed by atoms with Crippen LogP contribution in [0.5, 0.6) is 5.75 Å². The van der Waals surface area contributed by atoms with Crippen molar-refractivity contribution < 1.29 is 5.11 Å². The topological polar surface area (TPSA) is 20.2 Å². The molecule has 84 valence electrons. The highest BCUT2D eigenvalue weighted by molar-refractivity contribution is 5.80. The van der Waals surface area contributed by atoms with Crippen LogP contribution in [0.3, 0.4) is 0 Å². The highest BCUT2D eigenvalue weighted by Crippen LogP contribution is 2.34. The normalized spacial score (nSPS) is 9.94. The van der Waals surface area contributed by atoms with E-state index >= 15 is 0 Å². The van der Waals surface area contributed by atoms with Crippen LogP contribution in [-0.4, -0.2) is 5.11 Å². The van der Waals surface area contributed by atoms with E-state index in [9.17, 15) is 5.11 Å². The zero-order valence-electron chi connectivity index (χ0n) is 10.2. The van der Waals surface area contributed by atoms with Gasteiger partial charge in [-0.3, -0.25) is 0 Å². The van der Waals surface area contributed by atoms with Crippen LogP contribution in [0.1, 0.15) is 37.5 Å². The first kappa shape index (κ1) is 12.3. The van der Waals surface area contributed by atoms with E-state index in [1.807, 2.05) is 32.9 Å². The van der Waals surface area contributed by atoms with Gasteiger partial charge < -0.3 is 5.11 Å². The third-order valence-electron chi connectivity index (χ3n) is 2.52. The molecule has 1 aromatic carbocycles. The summed E-state index contributed by atoms with van der Waals surface area (Å²) >= 11 is 0. The molecule has 0 aromatic heterocycles. The molecule has 0 radical (unpaired) electrons. The van der Waals surface area contributed by atoms with Crippen molar-refractivity contribution in [1.29, 1.82) is 0 Å². The van der Waals surface area contributed by atoms with Crippen molar-refractivity contribution >= 4 is 16.7 Å². The molecule has 0 bridgehead atoms. The standard InChI is InChI=1S/C15H18O/c1-9(2)12-7-13(10(3)4)15(16)14(8-12)11(5)6/h7-8,16H,1,3,5H2,2,4,6H3. The molecule has 0 aliphatic heterocycles. The van der Waals surface area contributed by atoms with E-state index < -0.39 is 0 Å². The Morgan fingerprint density at radius 1 is 0.875 bits per heavy atom. The maximum atomic E-state index is 10.1. The smallest absolute Gasteiger partial charge is 0.130 e. The van der Waals surface area contributed by atoms with Gasteiger partial charge >= 0.3 is 0 Å². The molecule has 0 aliphatic carbocycles. The molecule has 1 N–H and O–H groups in total. The number of rotatable bonds is 3. The minimum Gasteiger partial charge on any atom is -0.507 e. The largest absolute Gasteiger partial charge is 0.507 e. The third kappa shape index (κ3) is 2.25. The molecule has 0 atom stereocenters. The van der Waals surface area contributed by atoms with Crippen LogP contribution in [-0.2, 0) is 0 Å². The van der Waals surface area contributed by atoms with Crippen molar-refractivity contribution in [2.45, 2.75) is 20.8 Å². The summed E-state index contributed by atoms with van der Waals surface area (Å²) in [4.78, 5) is 0. The van der Waals surface area contributed by atoms with Gasteiger partial charge in [0.25, 0.3) is 0 Å². The SMILES string of the molecule is C=C(C)c1cc(C(=C)C)c(O)c(C(=C)C)c1. The number of hydrogen-bond donors (Lipinski definition) is 1. The van der Waals surface area contributed by atoms with Crippen LogP contribution in [0, 0.1) is 0 Å². The summed E-state index contributed by atoms with van der Waals surface area (Å²) in [5, 5.41) is 10.1. The predicted molar refractivity (Wildman–Crippen MR) is 72.2 cm³/mol. The molecule has 16 heavy (non-hydrogen) atoms. The van der Waals surface area contributed by atoms with Crippen molar-refractivity contribution in [3.63, 3.8) is 0 Å². The fraction of sp³-hybridized carbons (Fsp3) is 0.200. The fourth-order valence-corrected chi connectivity index (χ4v) is 1.53. The molecular weight excluding hydrogens is 196 g/mol.